The summed E-state index contributed by atoms with van der Waals surface area (Å²) >= 11 is 6.91. The van der Waals surface area contributed by atoms with Crippen molar-refractivity contribution in [3.8, 4) is 27.7 Å². The zero-order chi connectivity index (χ0) is 25.8. The summed E-state index contributed by atoms with van der Waals surface area (Å²) in [4.78, 5) is 35.8. The van der Waals surface area contributed by atoms with E-state index in [4.69, 9.17) is 11.6 Å². The van der Waals surface area contributed by atoms with Gasteiger partial charge in [0, 0.05) is 11.6 Å². The first kappa shape index (κ1) is 25.4. The number of carbonyl (C=O) groups is 2. The fourth-order valence-corrected chi connectivity index (χ4v) is 4.54. The number of halogens is 2. The van der Waals surface area contributed by atoms with Crippen LogP contribution in [0.4, 0.5) is 10.2 Å². The minimum Gasteiger partial charge on any atom is -0.506 e. The van der Waals surface area contributed by atoms with E-state index >= 15 is 0 Å². The molecule has 2 amide bonds. The van der Waals surface area contributed by atoms with Crippen LogP contribution in [0.15, 0.2) is 60.7 Å². The van der Waals surface area contributed by atoms with E-state index in [-0.39, 0.29) is 46.6 Å². The van der Waals surface area contributed by atoms with Gasteiger partial charge in [0.05, 0.1) is 22.0 Å². The molecular formula is C26H24ClFN4O3S. The number of H-pyrrole nitrogens is 1. The third kappa shape index (κ3) is 5.92. The van der Waals surface area contributed by atoms with Crippen LogP contribution in [-0.4, -0.2) is 44.4 Å². The molecule has 2 aromatic carbocycles. The van der Waals surface area contributed by atoms with Crippen molar-refractivity contribution in [1.29, 1.82) is 0 Å². The second kappa shape index (κ2) is 10.9. The molecule has 0 aliphatic rings. The Morgan fingerprint density at radius 2 is 1.92 bits per heavy atom. The van der Waals surface area contributed by atoms with Gasteiger partial charge in [0.2, 0.25) is 11.8 Å². The molecule has 0 radical (unpaired) electrons. The van der Waals surface area contributed by atoms with Crippen LogP contribution >= 0.6 is 22.9 Å². The molecule has 0 atom stereocenters. The maximum Gasteiger partial charge on any atom is 0.245 e. The number of rotatable bonds is 8. The highest BCUT2D eigenvalue weighted by Gasteiger charge is 2.23. The summed E-state index contributed by atoms with van der Waals surface area (Å²) in [5.41, 5.74) is 2.00. The Labute approximate surface area is 216 Å². The quantitative estimate of drug-likeness (QED) is 0.273. The molecule has 2 aromatic heterocycles. The van der Waals surface area contributed by atoms with Gasteiger partial charge in [0.25, 0.3) is 0 Å². The predicted octanol–water partition coefficient (Wildman–Crippen LogP) is 5.72. The minimum absolute atomic E-state index is 0.0250. The fourth-order valence-electron chi connectivity index (χ4n) is 3.66. The number of anilines is 1. The zero-order valence-electron chi connectivity index (χ0n) is 19.6. The van der Waals surface area contributed by atoms with Crippen molar-refractivity contribution >= 4 is 40.6 Å². The molecular weight excluding hydrogens is 503 g/mol. The van der Waals surface area contributed by atoms with E-state index in [2.05, 4.69) is 15.3 Å². The van der Waals surface area contributed by atoms with Crippen molar-refractivity contribution in [2.75, 3.05) is 11.9 Å². The first-order valence-electron chi connectivity index (χ1n) is 11.2. The Morgan fingerprint density at radius 3 is 2.56 bits per heavy atom. The van der Waals surface area contributed by atoms with Crippen LogP contribution in [0.5, 0.6) is 5.75 Å². The lowest BCUT2D eigenvalue weighted by atomic mass is 10.1. The summed E-state index contributed by atoms with van der Waals surface area (Å²) in [7, 11) is 0. The number of phenolic OH excluding ortho intramolecular Hbond substituents is 1. The molecule has 186 valence electrons. The van der Waals surface area contributed by atoms with Gasteiger partial charge in [-0.15, -0.1) is 11.3 Å². The van der Waals surface area contributed by atoms with Gasteiger partial charge in [-0.2, -0.15) is 4.39 Å². The van der Waals surface area contributed by atoms with Crippen LogP contribution < -0.4 is 5.32 Å². The number of aromatic hydroxyl groups is 1. The smallest absolute Gasteiger partial charge is 0.245 e. The molecule has 0 saturated heterocycles. The topological polar surface area (TPSA) is 98.3 Å². The van der Waals surface area contributed by atoms with E-state index in [0.29, 0.717) is 22.0 Å². The van der Waals surface area contributed by atoms with Crippen molar-refractivity contribution in [2.24, 2.45) is 0 Å². The Bertz CT molecular complexity index is 1390. The standard InChI is InChI=1S/C26H24ClFN4O3S/c1-15(2)32(23(35)13-16-8-9-19(33)18(27)12-16)14-22(34)29-26-24(17-6-4-3-5-7-17)30-25(31-26)20-10-11-21(28)36-20/h3-12,15,33H,13-14H2,1-2H3,(H,29,34)(H,30,31). The molecule has 0 bridgehead atoms. The Kier molecular flexibility index (Phi) is 7.71. The third-order valence-corrected chi connectivity index (χ3v) is 6.64. The van der Waals surface area contributed by atoms with Crippen LogP contribution in [0, 0.1) is 5.13 Å². The van der Waals surface area contributed by atoms with Crippen molar-refractivity contribution < 1.29 is 19.1 Å². The number of aromatic amines is 1. The van der Waals surface area contributed by atoms with Gasteiger partial charge in [0.1, 0.15) is 12.3 Å². The zero-order valence-corrected chi connectivity index (χ0v) is 21.2. The van der Waals surface area contributed by atoms with E-state index < -0.39 is 5.91 Å². The summed E-state index contributed by atoms with van der Waals surface area (Å²) in [6.07, 6.45) is 0.0250. The predicted molar refractivity (Wildman–Crippen MR) is 140 cm³/mol. The van der Waals surface area contributed by atoms with Crippen molar-refractivity contribution in [3.05, 3.63) is 76.4 Å². The summed E-state index contributed by atoms with van der Waals surface area (Å²) in [5, 5.41) is 12.2. The molecule has 0 aliphatic heterocycles. The minimum atomic E-state index is -0.423. The van der Waals surface area contributed by atoms with E-state index in [1.165, 1.54) is 23.1 Å². The van der Waals surface area contributed by atoms with Crippen LogP contribution in [0.25, 0.3) is 22.0 Å². The highest BCUT2D eigenvalue weighted by molar-refractivity contribution is 7.13. The number of carbonyl (C=O) groups excluding carboxylic acids is 2. The fraction of sp³-hybridized carbons (Fsp3) is 0.192. The summed E-state index contributed by atoms with van der Waals surface area (Å²) in [5.74, 6) is -0.0308. The lowest BCUT2D eigenvalue weighted by molar-refractivity contribution is -0.135. The molecule has 2 heterocycles. The van der Waals surface area contributed by atoms with Gasteiger partial charge in [-0.1, -0.05) is 48.0 Å². The largest absolute Gasteiger partial charge is 0.506 e. The number of imidazole rings is 1. The van der Waals surface area contributed by atoms with Gasteiger partial charge >= 0.3 is 0 Å². The number of hydrogen-bond acceptors (Lipinski definition) is 5. The average Bonchev–Trinajstić information content (AvgIpc) is 3.46. The van der Waals surface area contributed by atoms with E-state index in [1.54, 1.807) is 12.1 Å². The van der Waals surface area contributed by atoms with Crippen molar-refractivity contribution in [1.82, 2.24) is 14.9 Å². The Morgan fingerprint density at radius 1 is 1.17 bits per heavy atom. The van der Waals surface area contributed by atoms with Gasteiger partial charge in [-0.3, -0.25) is 9.59 Å². The number of hydrogen-bond donors (Lipinski definition) is 3. The SMILES string of the molecule is CC(C)N(CC(=O)Nc1nc(-c2ccc(F)s2)[nH]c1-c1ccccc1)C(=O)Cc1ccc(O)c(Cl)c1. The van der Waals surface area contributed by atoms with Crippen LogP contribution in [0.1, 0.15) is 19.4 Å². The normalized spacial score (nSPS) is 11.0. The molecule has 0 aliphatic carbocycles. The molecule has 10 heteroatoms. The molecule has 0 saturated carbocycles. The van der Waals surface area contributed by atoms with Crippen LogP contribution in [0.2, 0.25) is 5.02 Å². The highest BCUT2D eigenvalue weighted by atomic mass is 35.5. The maximum atomic E-state index is 13.6. The van der Waals surface area contributed by atoms with Gasteiger partial charge in [0.15, 0.2) is 16.8 Å². The maximum absolute atomic E-state index is 13.6. The summed E-state index contributed by atoms with van der Waals surface area (Å²) < 4.78 is 13.6. The van der Waals surface area contributed by atoms with E-state index in [0.717, 1.165) is 16.9 Å². The van der Waals surface area contributed by atoms with Crippen molar-refractivity contribution in [2.45, 2.75) is 26.3 Å². The van der Waals surface area contributed by atoms with Gasteiger partial charge < -0.3 is 20.3 Å². The molecule has 7 nitrogen and oxygen atoms in total. The summed E-state index contributed by atoms with van der Waals surface area (Å²) in [6.45, 7) is 3.46. The molecule has 0 spiro atoms. The highest BCUT2D eigenvalue weighted by Crippen LogP contribution is 2.32. The number of phenols is 1. The molecule has 3 N–H and O–H groups in total. The van der Waals surface area contributed by atoms with Gasteiger partial charge in [-0.25, -0.2) is 4.98 Å². The number of nitrogens with zero attached hydrogens (tertiary/aromatic N) is 2. The first-order chi connectivity index (χ1) is 17.2. The number of nitrogens with one attached hydrogen (secondary N) is 2. The van der Waals surface area contributed by atoms with Crippen LogP contribution in [-0.2, 0) is 16.0 Å². The molecule has 4 aromatic rings. The summed E-state index contributed by atoms with van der Waals surface area (Å²) in [6, 6.07) is 16.6. The lowest BCUT2D eigenvalue weighted by Crippen LogP contribution is -2.43. The van der Waals surface area contributed by atoms with Crippen LogP contribution in [0.3, 0.4) is 0 Å². The molecule has 0 unspecified atom stereocenters. The van der Waals surface area contributed by atoms with E-state index in [1.807, 2.05) is 44.2 Å². The Balaban J connectivity index is 1.54. The van der Waals surface area contributed by atoms with E-state index in [9.17, 15) is 19.1 Å². The first-order valence-corrected chi connectivity index (χ1v) is 12.4. The molecule has 0 fully saturated rings. The third-order valence-electron chi connectivity index (χ3n) is 5.46. The number of amides is 2. The molecule has 4 rings (SSSR count). The number of benzene rings is 2. The second-order valence-corrected chi connectivity index (χ2v) is 9.85. The molecule has 36 heavy (non-hydrogen) atoms. The second-order valence-electron chi connectivity index (χ2n) is 8.40. The number of thiophene rings is 1. The monoisotopic (exact) mass is 526 g/mol. The lowest BCUT2D eigenvalue weighted by Gasteiger charge is -2.26. The van der Waals surface area contributed by atoms with Crippen molar-refractivity contribution in [3.63, 3.8) is 0 Å². The average molecular weight is 527 g/mol. The number of aromatic nitrogens is 2. The Hall–Kier alpha value is -3.69. The van der Waals surface area contributed by atoms with Gasteiger partial charge in [-0.05, 0) is 43.7 Å².